The summed E-state index contributed by atoms with van der Waals surface area (Å²) < 4.78 is 4.57. The number of urea groups is 1. The van der Waals surface area contributed by atoms with Gasteiger partial charge < -0.3 is 25.6 Å². The van der Waals surface area contributed by atoms with E-state index in [1.165, 1.54) is 12.0 Å². The number of carbonyl (C=O) groups is 3. The molecule has 0 bridgehead atoms. The zero-order valence-electron chi connectivity index (χ0n) is 13.0. The summed E-state index contributed by atoms with van der Waals surface area (Å²) >= 11 is 0. The van der Waals surface area contributed by atoms with Crippen LogP contribution in [0.15, 0.2) is 0 Å². The third kappa shape index (κ3) is 4.89. The Balaban J connectivity index is 2.69. The summed E-state index contributed by atoms with van der Waals surface area (Å²) in [6.45, 7) is 7.00. The van der Waals surface area contributed by atoms with Crippen LogP contribution in [0.25, 0.3) is 0 Å². The van der Waals surface area contributed by atoms with E-state index in [1.807, 2.05) is 19.2 Å². The second kappa shape index (κ2) is 7.82. The lowest BCUT2D eigenvalue weighted by molar-refractivity contribution is -0.665. The molecule has 1 aliphatic rings. The fourth-order valence-electron chi connectivity index (χ4n) is 2.16. The van der Waals surface area contributed by atoms with Gasteiger partial charge in [0.25, 0.3) is 0 Å². The Kier molecular flexibility index (Phi) is 6.41. The van der Waals surface area contributed by atoms with Crippen LogP contribution < -0.4 is 16.0 Å². The first-order valence-electron chi connectivity index (χ1n) is 7.13. The average molecular weight is 301 g/mol. The van der Waals surface area contributed by atoms with E-state index >= 15 is 0 Å². The lowest BCUT2D eigenvalue weighted by Crippen LogP contribution is -2.93. The lowest BCUT2D eigenvalue weighted by Gasteiger charge is -2.33. The topological polar surface area (TPSA) is 104 Å². The Hall–Kier alpha value is -1.83. The van der Waals surface area contributed by atoms with E-state index in [4.69, 9.17) is 0 Å². The van der Waals surface area contributed by atoms with Gasteiger partial charge in [0.2, 0.25) is 5.91 Å². The molecule has 1 fully saturated rings. The molecule has 3 amide bonds. The average Bonchev–Trinajstić information content (AvgIpc) is 2.45. The molecule has 8 heteroatoms. The van der Waals surface area contributed by atoms with Crippen LogP contribution in [0.2, 0.25) is 0 Å². The van der Waals surface area contributed by atoms with E-state index < -0.39 is 18.1 Å². The Morgan fingerprint density at radius 1 is 1.24 bits per heavy atom. The predicted octanol–water partition coefficient (Wildman–Crippen LogP) is -1.97. The molecule has 0 spiro atoms. The van der Waals surface area contributed by atoms with Gasteiger partial charge in [0.15, 0.2) is 6.04 Å². The smallest absolute Gasteiger partial charge is 0.328 e. The number of hydrogen-bond donors (Lipinski definition) is 3. The first-order chi connectivity index (χ1) is 9.86. The molecule has 0 aromatic carbocycles. The van der Waals surface area contributed by atoms with Gasteiger partial charge in [-0.3, -0.25) is 4.79 Å². The number of nitrogens with zero attached hydrogens (tertiary/aromatic N) is 1. The number of ether oxygens (including phenoxy) is 1. The highest BCUT2D eigenvalue weighted by atomic mass is 16.5. The Bertz CT molecular complexity index is 400. The zero-order chi connectivity index (χ0) is 16.0. The Morgan fingerprint density at radius 2 is 1.90 bits per heavy atom. The molecule has 4 N–H and O–H groups in total. The second-order valence-corrected chi connectivity index (χ2v) is 5.38. The number of carbonyl (C=O) groups excluding carboxylic acids is 3. The van der Waals surface area contributed by atoms with E-state index in [0.29, 0.717) is 13.1 Å². The van der Waals surface area contributed by atoms with Crippen LogP contribution in [0, 0.1) is 0 Å². The van der Waals surface area contributed by atoms with Crippen molar-refractivity contribution in [3.05, 3.63) is 0 Å². The van der Waals surface area contributed by atoms with Gasteiger partial charge in [-0.25, -0.2) is 9.59 Å². The molecule has 0 radical (unpaired) electrons. The summed E-state index contributed by atoms with van der Waals surface area (Å²) in [4.78, 5) is 37.3. The quantitative estimate of drug-likeness (QED) is 0.524. The van der Waals surface area contributed by atoms with Crippen LogP contribution in [0.4, 0.5) is 4.79 Å². The number of hydrogen-bond acceptors (Lipinski definition) is 4. The number of esters is 1. The molecule has 0 unspecified atom stereocenters. The van der Waals surface area contributed by atoms with Crippen molar-refractivity contribution < 1.29 is 24.4 Å². The van der Waals surface area contributed by atoms with Gasteiger partial charge >= 0.3 is 12.0 Å². The standard InChI is InChI=1S/C13H24N4O4/c1-8(2)15-13(20)17-6-5-14-7-10(17)11(18)16-9(3)12(19)21-4/h8-10,14H,5-7H2,1-4H3,(H,15,20)(H,16,18)/p+1/t9-,10+/m1/s1. The molecule has 0 aromatic rings. The summed E-state index contributed by atoms with van der Waals surface area (Å²) in [6, 6.07) is -1.59. The molecule has 0 saturated carbocycles. The summed E-state index contributed by atoms with van der Waals surface area (Å²) in [5.74, 6) is -0.857. The number of piperazine rings is 1. The van der Waals surface area contributed by atoms with Crippen LogP contribution in [-0.2, 0) is 14.3 Å². The van der Waals surface area contributed by atoms with E-state index in [1.54, 1.807) is 6.92 Å². The molecule has 2 atom stereocenters. The van der Waals surface area contributed by atoms with E-state index in [9.17, 15) is 14.4 Å². The molecule has 1 aliphatic heterocycles. The van der Waals surface area contributed by atoms with Gasteiger partial charge in [0.05, 0.1) is 20.2 Å². The Morgan fingerprint density at radius 3 is 2.48 bits per heavy atom. The van der Waals surface area contributed by atoms with Crippen molar-refractivity contribution >= 4 is 17.9 Å². The first-order valence-corrected chi connectivity index (χ1v) is 7.13. The molecular weight excluding hydrogens is 276 g/mol. The van der Waals surface area contributed by atoms with Gasteiger partial charge in [-0.1, -0.05) is 0 Å². The fraction of sp³-hybridized carbons (Fsp3) is 0.769. The minimum absolute atomic E-state index is 0.00103. The third-order valence-corrected chi connectivity index (χ3v) is 3.23. The lowest BCUT2D eigenvalue weighted by atomic mass is 10.1. The maximum atomic E-state index is 12.3. The molecule has 21 heavy (non-hydrogen) atoms. The monoisotopic (exact) mass is 301 g/mol. The van der Waals surface area contributed by atoms with Crippen LogP contribution in [0.5, 0.6) is 0 Å². The molecule has 8 nitrogen and oxygen atoms in total. The second-order valence-electron chi connectivity index (χ2n) is 5.38. The molecule has 1 saturated heterocycles. The molecule has 1 heterocycles. The summed E-state index contributed by atoms with van der Waals surface area (Å²) in [5.41, 5.74) is 0. The normalized spacial score (nSPS) is 19.9. The largest absolute Gasteiger partial charge is 0.467 e. The highest BCUT2D eigenvalue weighted by Crippen LogP contribution is 2.03. The van der Waals surface area contributed by atoms with Crippen molar-refractivity contribution in [2.45, 2.75) is 38.9 Å². The Labute approximate surface area is 124 Å². The van der Waals surface area contributed by atoms with Gasteiger partial charge in [0.1, 0.15) is 12.6 Å². The van der Waals surface area contributed by atoms with Crippen LogP contribution in [0.3, 0.4) is 0 Å². The molecule has 1 rings (SSSR count). The number of amides is 3. The maximum Gasteiger partial charge on any atom is 0.328 e. The molecular formula is C13H25N4O4+. The summed E-state index contributed by atoms with van der Waals surface area (Å²) in [5, 5.41) is 7.35. The molecule has 120 valence electrons. The number of rotatable bonds is 4. The minimum Gasteiger partial charge on any atom is -0.467 e. The minimum atomic E-state index is -0.737. The van der Waals surface area contributed by atoms with Crippen molar-refractivity contribution in [3.8, 4) is 0 Å². The van der Waals surface area contributed by atoms with Crippen molar-refractivity contribution in [3.63, 3.8) is 0 Å². The predicted molar refractivity (Wildman–Crippen MR) is 75.4 cm³/mol. The van der Waals surface area contributed by atoms with Gasteiger partial charge in [-0.15, -0.1) is 0 Å². The fourth-order valence-corrected chi connectivity index (χ4v) is 2.16. The highest BCUT2D eigenvalue weighted by Gasteiger charge is 2.35. The molecule has 0 aliphatic carbocycles. The van der Waals surface area contributed by atoms with Gasteiger partial charge in [-0.2, -0.15) is 0 Å². The number of nitrogens with two attached hydrogens (primary N) is 1. The number of quaternary nitrogens is 1. The van der Waals surface area contributed by atoms with E-state index in [-0.39, 0.29) is 18.0 Å². The molecule has 0 aromatic heterocycles. The maximum absolute atomic E-state index is 12.3. The summed E-state index contributed by atoms with van der Waals surface area (Å²) in [7, 11) is 1.27. The highest BCUT2D eigenvalue weighted by molar-refractivity contribution is 5.90. The summed E-state index contributed by atoms with van der Waals surface area (Å²) in [6.07, 6.45) is 0. The van der Waals surface area contributed by atoms with Crippen LogP contribution >= 0.6 is 0 Å². The van der Waals surface area contributed by atoms with Crippen molar-refractivity contribution in [1.29, 1.82) is 0 Å². The van der Waals surface area contributed by atoms with Crippen molar-refractivity contribution in [2.75, 3.05) is 26.7 Å². The third-order valence-electron chi connectivity index (χ3n) is 3.23. The van der Waals surface area contributed by atoms with Crippen molar-refractivity contribution in [1.82, 2.24) is 15.5 Å². The van der Waals surface area contributed by atoms with Gasteiger partial charge in [0, 0.05) is 6.04 Å². The zero-order valence-corrected chi connectivity index (χ0v) is 13.0. The van der Waals surface area contributed by atoms with Crippen LogP contribution in [-0.4, -0.2) is 67.7 Å². The van der Waals surface area contributed by atoms with E-state index in [2.05, 4.69) is 15.4 Å². The SMILES string of the molecule is COC(=O)[C@@H](C)NC(=O)[C@@H]1C[NH2+]CCN1C(=O)NC(C)C. The van der Waals surface area contributed by atoms with Gasteiger partial charge in [-0.05, 0) is 20.8 Å². The number of methoxy groups -OCH3 is 1. The van der Waals surface area contributed by atoms with Crippen molar-refractivity contribution in [2.24, 2.45) is 0 Å². The first kappa shape index (κ1) is 17.2. The van der Waals surface area contributed by atoms with Crippen LogP contribution in [0.1, 0.15) is 20.8 Å². The van der Waals surface area contributed by atoms with E-state index in [0.717, 1.165) is 6.54 Å². The number of nitrogens with one attached hydrogen (secondary N) is 2.